The summed E-state index contributed by atoms with van der Waals surface area (Å²) >= 11 is 0. The number of likely N-dealkylation sites (N-methyl/N-ethyl adjacent to an activating group) is 1. The first-order chi connectivity index (χ1) is 16.1. The highest BCUT2D eigenvalue weighted by Crippen LogP contribution is 2.33. The van der Waals surface area contributed by atoms with Gasteiger partial charge in [0.2, 0.25) is 0 Å². The van der Waals surface area contributed by atoms with Crippen molar-refractivity contribution in [1.29, 1.82) is 0 Å². The summed E-state index contributed by atoms with van der Waals surface area (Å²) in [6.45, 7) is 4.79. The van der Waals surface area contributed by atoms with Crippen LogP contribution in [0.15, 0.2) is 72.9 Å². The molecule has 5 heteroatoms. The minimum Gasteiger partial charge on any atom is -0.496 e. The van der Waals surface area contributed by atoms with E-state index in [0.29, 0.717) is 6.61 Å². The molecule has 0 spiro atoms. The molecule has 5 nitrogen and oxygen atoms in total. The Hall–Kier alpha value is -3.44. The third kappa shape index (κ3) is 4.41. The fraction of sp³-hybridized carbons (Fsp3) is 0.286. The van der Waals surface area contributed by atoms with Crippen molar-refractivity contribution in [3.8, 4) is 22.6 Å². The molecule has 4 aromatic rings. The van der Waals surface area contributed by atoms with Gasteiger partial charge >= 0.3 is 0 Å². The molecule has 1 fully saturated rings. The van der Waals surface area contributed by atoms with Gasteiger partial charge in [-0.2, -0.15) is 0 Å². The van der Waals surface area contributed by atoms with Crippen LogP contribution in [0.5, 0.6) is 11.5 Å². The van der Waals surface area contributed by atoms with Crippen LogP contribution in [0.2, 0.25) is 0 Å². The highest BCUT2D eigenvalue weighted by molar-refractivity contribution is 5.95. The number of anilines is 1. The van der Waals surface area contributed by atoms with E-state index in [9.17, 15) is 0 Å². The maximum absolute atomic E-state index is 6.27. The Morgan fingerprint density at radius 3 is 2.48 bits per heavy atom. The van der Waals surface area contributed by atoms with Crippen LogP contribution >= 0.6 is 0 Å². The summed E-state index contributed by atoms with van der Waals surface area (Å²) in [7, 11) is 5.96. The molecule has 1 aliphatic heterocycles. The van der Waals surface area contributed by atoms with Gasteiger partial charge in [0, 0.05) is 61.6 Å². The molecule has 0 unspecified atom stereocenters. The molecule has 0 radical (unpaired) electrons. The van der Waals surface area contributed by atoms with Crippen LogP contribution in [-0.2, 0) is 13.7 Å². The Morgan fingerprint density at radius 1 is 0.848 bits per heavy atom. The van der Waals surface area contributed by atoms with Crippen molar-refractivity contribution in [2.75, 3.05) is 45.2 Å². The molecule has 0 N–H and O–H groups in total. The van der Waals surface area contributed by atoms with Gasteiger partial charge in [0.05, 0.1) is 12.8 Å². The van der Waals surface area contributed by atoms with Crippen molar-refractivity contribution >= 4 is 16.5 Å². The van der Waals surface area contributed by atoms with E-state index in [-0.39, 0.29) is 0 Å². The fourth-order valence-electron chi connectivity index (χ4n) is 4.59. The topological polar surface area (TPSA) is 29.9 Å². The number of methoxy groups -OCH3 is 1. The number of para-hydroxylation sites is 1. The normalized spacial score (nSPS) is 14.6. The van der Waals surface area contributed by atoms with Crippen molar-refractivity contribution in [2.24, 2.45) is 7.05 Å². The lowest BCUT2D eigenvalue weighted by Gasteiger charge is -2.34. The summed E-state index contributed by atoms with van der Waals surface area (Å²) < 4.78 is 13.9. The number of aromatic nitrogens is 1. The number of fused-ring (bicyclic) bond motifs is 1. The molecule has 0 aliphatic carbocycles. The molecule has 3 aromatic carbocycles. The predicted molar refractivity (Wildman–Crippen MR) is 135 cm³/mol. The van der Waals surface area contributed by atoms with Crippen molar-refractivity contribution in [3.05, 3.63) is 78.6 Å². The molecule has 170 valence electrons. The molecule has 0 amide bonds. The standard InChI is InChI=1S/C28H31N3O2/c1-29-13-15-31(16-14-29)27-9-6-7-21-11-12-24(18-26(21)27)33-20-23-17-22(19-30(23)2)25-8-4-5-10-28(25)32-3/h4-12,17-19H,13-16,20H2,1-3H3. The summed E-state index contributed by atoms with van der Waals surface area (Å²) in [6.07, 6.45) is 2.13. The lowest BCUT2D eigenvalue weighted by molar-refractivity contribution is 0.297. The van der Waals surface area contributed by atoms with E-state index in [4.69, 9.17) is 9.47 Å². The third-order valence-electron chi connectivity index (χ3n) is 6.59. The summed E-state index contributed by atoms with van der Waals surface area (Å²) in [6, 6.07) is 23.3. The van der Waals surface area contributed by atoms with Crippen LogP contribution in [0, 0.1) is 0 Å². The Kier molecular flexibility index (Phi) is 5.97. The van der Waals surface area contributed by atoms with Gasteiger partial charge in [-0.15, -0.1) is 0 Å². The van der Waals surface area contributed by atoms with E-state index >= 15 is 0 Å². The predicted octanol–water partition coefficient (Wildman–Crippen LogP) is 5.18. The van der Waals surface area contributed by atoms with Crippen LogP contribution in [0.25, 0.3) is 21.9 Å². The maximum atomic E-state index is 6.27. The first-order valence-electron chi connectivity index (χ1n) is 11.5. The average Bonchev–Trinajstić information content (AvgIpc) is 3.23. The molecule has 33 heavy (non-hydrogen) atoms. The summed E-state index contributed by atoms with van der Waals surface area (Å²) in [4.78, 5) is 4.87. The number of piperazine rings is 1. The smallest absolute Gasteiger partial charge is 0.128 e. The SMILES string of the molecule is COc1ccccc1-c1cc(COc2ccc3cccc(N4CCN(C)CC4)c3c2)n(C)c1. The van der Waals surface area contributed by atoms with Crippen LogP contribution in [0.1, 0.15) is 5.69 Å². The number of aryl methyl sites for hydroxylation is 1. The zero-order valence-electron chi connectivity index (χ0n) is 19.6. The van der Waals surface area contributed by atoms with E-state index in [1.165, 1.54) is 16.5 Å². The van der Waals surface area contributed by atoms with Gasteiger partial charge < -0.3 is 23.8 Å². The van der Waals surface area contributed by atoms with Gasteiger partial charge in [-0.25, -0.2) is 0 Å². The molecule has 0 bridgehead atoms. The number of hydrogen-bond donors (Lipinski definition) is 0. The molecule has 0 atom stereocenters. The largest absolute Gasteiger partial charge is 0.496 e. The third-order valence-corrected chi connectivity index (χ3v) is 6.59. The molecular formula is C28H31N3O2. The van der Waals surface area contributed by atoms with Crippen LogP contribution in [0.3, 0.4) is 0 Å². The second-order valence-corrected chi connectivity index (χ2v) is 8.77. The van der Waals surface area contributed by atoms with Gasteiger partial charge in [0.25, 0.3) is 0 Å². The Bertz CT molecular complexity index is 1260. The Morgan fingerprint density at radius 2 is 1.67 bits per heavy atom. The zero-order valence-corrected chi connectivity index (χ0v) is 19.6. The van der Waals surface area contributed by atoms with E-state index in [2.05, 4.69) is 83.2 Å². The van der Waals surface area contributed by atoms with Crippen molar-refractivity contribution < 1.29 is 9.47 Å². The highest BCUT2D eigenvalue weighted by Gasteiger charge is 2.17. The second kappa shape index (κ2) is 9.20. The summed E-state index contributed by atoms with van der Waals surface area (Å²) in [5.41, 5.74) is 4.63. The van der Waals surface area contributed by atoms with Gasteiger partial charge in [-0.05, 0) is 42.8 Å². The van der Waals surface area contributed by atoms with Crippen LogP contribution in [0.4, 0.5) is 5.69 Å². The van der Waals surface area contributed by atoms with E-state index in [1.54, 1.807) is 7.11 Å². The first-order valence-corrected chi connectivity index (χ1v) is 11.5. The van der Waals surface area contributed by atoms with Crippen molar-refractivity contribution in [3.63, 3.8) is 0 Å². The molecule has 1 aromatic heterocycles. The fourth-order valence-corrected chi connectivity index (χ4v) is 4.59. The Labute approximate surface area is 195 Å². The monoisotopic (exact) mass is 441 g/mol. The second-order valence-electron chi connectivity index (χ2n) is 8.77. The lowest BCUT2D eigenvalue weighted by Crippen LogP contribution is -2.44. The number of hydrogen-bond acceptors (Lipinski definition) is 4. The first kappa shape index (κ1) is 21.4. The maximum Gasteiger partial charge on any atom is 0.128 e. The van der Waals surface area contributed by atoms with E-state index < -0.39 is 0 Å². The Balaban J connectivity index is 1.37. The van der Waals surface area contributed by atoms with Crippen LogP contribution < -0.4 is 14.4 Å². The van der Waals surface area contributed by atoms with Crippen molar-refractivity contribution in [2.45, 2.75) is 6.61 Å². The minimum atomic E-state index is 0.508. The van der Waals surface area contributed by atoms with E-state index in [1.807, 2.05) is 18.2 Å². The minimum absolute atomic E-state index is 0.508. The average molecular weight is 442 g/mol. The van der Waals surface area contributed by atoms with Crippen molar-refractivity contribution in [1.82, 2.24) is 9.47 Å². The number of nitrogens with zero attached hydrogens (tertiary/aromatic N) is 3. The lowest BCUT2D eigenvalue weighted by atomic mass is 10.1. The number of benzene rings is 3. The summed E-state index contributed by atoms with van der Waals surface area (Å²) in [5, 5.41) is 2.50. The molecule has 5 rings (SSSR count). The molecule has 1 aliphatic rings. The van der Waals surface area contributed by atoms with Gasteiger partial charge in [0.1, 0.15) is 18.1 Å². The van der Waals surface area contributed by atoms with Gasteiger partial charge in [0.15, 0.2) is 0 Å². The summed E-state index contributed by atoms with van der Waals surface area (Å²) in [5.74, 6) is 1.77. The molecule has 0 saturated carbocycles. The zero-order chi connectivity index (χ0) is 22.8. The number of ether oxygens (including phenoxy) is 2. The number of rotatable bonds is 6. The van der Waals surface area contributed by atoms with E-state index in [0.717, 1.165) is 54.5 Å². The molecular weight excluding hydrogens is 410 g/mol. The van der Waals surface area contributed by atoms with Gasteiger partial charge in [-0.1, -0.05) is 36.4 Å². The molecule has 2 heterocycles. The quantitative estimate of drug-likeness (QED) is 0.412. The van der Waals surface area contributed by atoms with Gasteiger partial charge in [-0.3, -0.25) is 0 Å². The molecule has 1 saturated heterocycles. The highest BCUT2D eigenvalue weighted by atomic mass is 16.5. The van der Waals surface area contributed by atoms with Crippen LogP contribution in [-0.4, -0.2) is 49.8 Å².